The normalized spacial score (nSPS) is 18.8. The monoisotopic (exact) mass is 483 g/mol. The van der Waals surface area contributed by atoms with Crippen LogP contribution in [0.3, 0.4) is 0 Å². The first-order valence-electron chi connectivity index (χ1n) is 11.5. The Hall–Kier alpha value is -3.63. The number of aliphatic hydroxyl groups is 1. The summed E-state index contributed by atoms with van der Waals surface area (Å²) in [5, 5.41) is 10.8. The van der Waals surface area contributed by atoms with Gasteiger partial charge in [-0.2, -0.15) is 0 Å². The summed E-state index contributed by atoms with van der Waals surface area (Å²) >= 11 is 0. The fourth-order valence-corrected chi connectivity index (χ4v) is 4.34. The molecule has 0 spiro atoms. The van der Waals surface area contributed by atoms with Crippen LogP contribution in [0.4, 0.5) is 0 Å². The minimum absolute atomic E-state index is 0.0264. The molecule has 1 saturated heterocycles. The van der Waals surface area contributed by atoms with Crippen LogP contribution in [0, 0.1) is 6.92 Å². The molecule has 2 aliphatic heterocycles. The number of furan rings is 1. The highest BCUT2D eigenvalue weighted by atomic mass is 16.5. The summed E-state index contributed by atoms with van der Waals surface area (Å²) in [4.78, 5) is 41.2. The maximum atomic E-state index is 13.3. The van der Waals surface area contributed by atoms with E-state index in [1.165, 1.54) is 11.0 Å². The van der Waals surface area contributed by atoms with Gasteiger partial charge < -0.3 is 29.6 Å². The maximum absolute atomic E-state index is 13.3. The van der Waals surface area contributed by atoms with Gasteiger partial charge in [0.15, 0.2) is 18.1 Å². The molecular weight excluding hydrogens is 454 g/mol. The van der Waals surface area contributed by atoms with Crippen molar-refractivity contribution >= 4 is 17.6 Å². The first-order valence-corrected chi connectivity index (χ1v) is 11.5. The minimum atomic E-state index is -0.796. The van der Waals surface area contributed by atoms with Crippen LogP contribution < -0.4 is 10.5 Å². The first-order chi connectivity index (χ1) is 16.8. The van der Waals surface area contributed by atoms with Crippen molar-refractivity contribution in [1.82, 2.24) is 9.80 Å². The number of ether oxygens (including phenoxy) is 2. The van der Waals surface area contributed by atoms with Crippen molar-refractivity contribution in [3.8, 4) is 5.75 Å². The smallest absolute Gasteiger partial charge is 0.290 e. The second-order valence-corrected chi connectivity index (χ2v) is 8.53. The Labute approximate surface area is 202 Å². The van der Waals surface area contributed by atoms with Crippen LogP contribution in [0.5, 0.6) is 5.75 Å². The predicted octanol–water partition coefficient (Wildman–Crippen LogP) is 1.75. The van der Waals surface area contributed by atoms with Crippen molar-refractivity contribution in [1.29, 1.82) is 0 Å². The number of aliphatic hydroxyl groups excluding tert-OH is 1. The summed E-state index contributed by atoms with van der Waals surface area (Å²) in [5.41, 5.74) is 5.72. The van der Waals surface area contributed by atoms with Gasteiger partial charge >= 0.3 is 0 Å². The highest BCUT2D eigenvalue weighted by molar-refractivity contribution is 6.15. The molecule has 3 N–H and O–H groups in total. The molecule has 2 aliphatic rings. The number of benzene rings is 1. The predicted molar refractivity (Wildman–Crippen MR) is 125 cm³/mol. The number of ketones is 1. The third-order valence-electron chi connectivity index (χ3n) is 6.07. The van der Waals surface area contributed by atoms with Crippen molar-refractivity contribution < 1.29 is 33.4 Å². The van der Waals surface area contributed by atoms with Crippen LogP contribution in [0.1, 0.15) is 34.3 Å². The number of carbonyl (C=O) groups excluding carboxylic acids is 3. The Kier molecular flexibility index (Phi) is 7.52. The molecule has 0 saturated carbocycles. The van der Waals surface area contributed by atoms with Crippen molar-refractivity contribution in [3.63, 3.8) is 0 Å². The number of rotatable bonds is 10. The SMILES string of the molecule is Cc1ccc(C(=O)C2=C(O)C(=O)N(CCCN3CCOCC3)C2c2ccc(OCC(N)=O)cc2)o1. The van der Waals surface area contributed by atoms with Crippen molar-refractivity contribution in [2.45, 2.75) is 19.4 Å². The van der Waals surface area contributed by atoms with Crippen LogP contribution in [0.25, 0.3) is 0 Å². The molecular formula is C25H29N3O7. The summed E-state index contributed by atoms with van der Waals surface area (Å²) in [6.45, 7) is 5.57. The quantitative estimate of drug-likeness (QED) is 0.488. The van der Waals surface area contributed by atoms with Gasteiger partial charge in [-0.25, -0.2) is 0 Å². The summed E-state index contributed by atoms with van der Waals surface area (Å²) in [5.74, 6) is -1.30. The molecule has 35 heavy (non-hydrogen) atoms. The van der Waals surface area contributed by atoms with Gasteiger partial charge in [-0.1, -0.05) is 12.1 Å². The second kappa shape index (κ2) is 10.7. The lowest BCUT2D eigenvalue weighted by Crippen LogP contribution is -2.39. The summed E-state index contributed by atoms with van der Waals surface area (Å²) in [6, 6.07) is 9.04. The average molecular weight is 484 g/mol. The number of Topliss-reactive ketones (excluding diaryl/α,β-unsaturated/α-hetero) is 1. The molecule has 1 aromatic carbocycles. The van der Waals surface area contributed by atoms with Crippen LogP contribution in [0.2, 0.25) is 0 Å². The van der Waals surface area contributed by atoms with Gasteiger partial charge in [-0.05, 0) is 43.2 Å². The molecule has 4 rings (SSSR count). The number of morpholine rings is 1. The van der Waals surface area contributed by atoms with Crippen LogP contribution in [-0.4, -0.2) is 78.5 Å². The minimum Gasteiger partial charge on any atom is -0.503 e. The number of primary amides is 1. The molecule has 10 heteroatoms. The highest BCUT2D eigenvalue weighted by Crippen LogP contribution is 2.39. The van der Waals surface area contributed by atoms with Gasteiger partial charge in [0, 0.05) is 26.2 Å². The van der Waals surface area contributed by atoms with Crippen molar-refractivity contribution in [2.75, 3.05) is 46.0 Å². The van der Waals surface area contributed by atoms with Gasteiger partial charge in [0.05, 0.1) is 24.8 Å². The number of hydrogen-bond acceptors (Lipinski definition) is 8. The molecule has 1 unspecified atom stereocenters. The van der Waals surface area contributed by atoms with Crippen LogP contribution in [0.15, 0.2) is 52.1 Å². The molecule has 1 fully saturated rings. The summed E-state index contributed by atoms with van der Waals surface area (Å²) < 4.78 is 16.2. The van der Waals surface area contributed by atoms with E-state index in [0.717, 1.165) is 19.6 Å². The lowest BCUT2D eigenvalue weighted by atomic mass is 9.95. The van der Waals surface area contributed by atoms with E-state index in [1.54, 1.807) is 37.3 Å². The van der Waals surface area contributed by atoms with E-state index in [4.69, 9.17) is 19.6 Å². The fourth-order valence-electron chi connectivity index (χ4n) is 4.34. The van der Waals surface area contributed by atoms with Gasteiger partial charge in [-0.3, -0.25) is 19.3 Å². The van der Waals surface area contributed by atoms with Gasteiger partial charge in [0.2, 0.25) is 5.78 Å². The zero-order valence-corrected chi connectivity index (χ0v) is 19.6. The Morgan fingerprint density at radius 1 is 1.11 bits per heavy atom. The molecule has 186 valence electrons. The molecule has 0 aliphatic carbocycles. The van der Waals surface area contributed by atoms with Crippen LogP contribution in [-0.2, 0) is 14.3 Å². The maximum Gasteiger partial charge on any atom is 0.290 e. The van der Waals surface area contributed by atoms with E-state index in [9.17, 15) is 19.5 Å². The number of aryl methyl sites for hydroxylation is 1. The Bertz CT molecular complexity index is 1120. The van der Waals surface area contributed by atoms with Gasteiger partial charge in [-0.15, -0.1) is 0 Å². The van der Waals surface area contributed by atoms with E-state index in [2.05, 4.69) is 4.90 Å². The topological polar surface area (TPSA) is 136 Å². The molecule has 3 heterocycles. The second-order valence-electron chi connectivity index (χ2n) is 8.53. The van der Waals surface area contributed by atoms with Crippen LogP contribution >= 0.6 is 0 Å². The lowest BCUT2D eigenvalue weighted by Gasteiger charge is -2.30. The van der Waals surface area contributed by atoms with E-state index in [-0.39, 0.29) is 17.9 Å². The Morgan fingerprint density at radius 3 is 2.46 bits per heavy atom. The Morgan fingerprint density at radius 2 is 1.83 bits per heavy atom. The molecule has 0 bridgehead atoms. The zero-order chi connectivity index (χ0) is 24.9. The molecule has 1 atom stereocenters. The van der Waals surface area contributed by atoms with E-state index >= 15 is 0 Å². The molecule has 2 aromatic rings. The number of nitrogens with two attached hydrogens (primary N) is 1. The third-order valence-corrected chi connectivity index (χ3v) is 6.07. The number of amides is 2. The largest absolute Gasteiger partial charge is 0.503 e. The highest BCUT2D eigenvalue weighted by Gasteiger charge is 2.44. The van der Waals surface area contributed by atoms with E-state index < -0.39 is 29.4 Å². The van der Waals surface area contributed by atoms with Crippen molar-refractivity contribution in [3.05, 3.63) is 64.8 Å². The molecule has 10 nitrogen and oxygen atoms in total. The number of carbonyl (C=O) groups is 3. The zero-order valence-electron chi connectivity index (χ0n) is 19.6. The van der Waals surface area contributed by atoms with Gasteiger partial charge in [0.1, 0.15) is 11.5 Å². The standard InChI is InChI=1S/C25H29N3O7/c1-16-3-8-19(35-16)23(30)21-22(17-4-6-18(7-5-17)34-15-20(26)29)28(25(32)24(21)31)10-2-9-27-11-13-33-14-12-27/h3-8,22,31H,2,9-15H2,1H3,(H2,26,29). The lowest BCUT2D eigenvalue weighted by molar-refractivity contribution is -0.129. The van der Waals surface area contributed by atoms with E-state index in [0.29, 0.717) is 43.3 Å². The third kappa shape index (κ3) is 5.55. The fraction of sp³-hybridized carbons (Fsp3) is 0.400. The first kappa shape index (κ1) is 24.5. The van der Waals surface area contributed by atoms with Gasteiger partial charge in [0.25, 0.3) is 11.8 Å². The molecule has 2 amide bonds. The number of nitrogens with zero attached hydrogens (tertiary/aromatic N) is 2. The Balaban J connectivity index is 1.59. The van der Waals surface area contributed by atoms with E-state index in [1.807, 2.05) is 0 Å². The summed E-state index contributed by atoms with van der Waals surface area (Å²) in [6.07, 6.45) is 0.663. The average Bonchev–Trinajstić information content (AvgIpc) is 3.40. The summed E-state index contributed by atoms with van der Waals surface area (Å²) in [7, 11) is 0. The molecule has 0 radical (unpaired) electrons. The van der Waals surface area contributed by atoms with Crippen molar-refractivity contribution in [2.24, 2.45) is 5.73 Å². The molecule has 1 aromatic heterocycles. The number of hydrogen-bond donors (Lipinski definition) is 2.